The monoisotopic (exact) mass is 402 g/mol. The number of nitrogens with one attached hydrogen (secondary N) is 2. The summed E-state index contributed by atoms with van der Waals surface area (Å²) in [6.07, 6.45) is 1.77. The van der Waals surface area contributed by atoms with E-state index in [-0.39, 0.29) is 23.3 Å². The number of carbonyl (C=O) groups excluding carboxylic acids is 2. The Bertz CT molecular complexity index is 740. The first-order chi connectivity index (χ1) is 13.7. The predicted molar refractivity (Wildman–Crippen MR) is 115 cm³/mol. The molecular formula is C22H34N4O3. The molecule has 1 unspecified atom stereocenters. The summed E-state index contributed by atoms with van der Waals surface area (Å²) in [5.41, 5.74) is 1.35. The number of guanidine groups is 1. The molecular weight excluding hydrogens is 368 g/mol. The van der Waals surface area contributed by atoms with Crippen LogP contribution in [-0.2, 0) is 16.1 Å². The van der Waals surface area contributed by atoms with E-state index in [1.54, 1.807) is 7.05 Å². The standard InChI is InChI=1S/C22H34N4O3/c1-6-29-20(28)18-11-8-12-26(15-18)21(23-5)24-14-16-9-7-10-17(13-16)19(27)25-22(2,3)4/h7,9-10,13,18H,6,8,11-12,14-15H2,1-5H3,(H,23,24)(H,25,27). The molecule has 160 valence electrons. The molecule has 2 N–H and O–H groups in total. The zero-order chi connectivity index (χ0) is 21.4. The molecule has 1 saturated heterocycles. The maximum Gasteiger partial charge on any atom is 0.310 e. The van der Waals surface area contributed by atoms with Gasteiger partial charge in [0, 0.05) is 37.8 Å². The van der Waals surface area contributed by atoms with Gasteiger partial charge in [0.1, 0.15) is 0 Å². The van der Waals surface area contributed by atoms with Crippen molar-refractivity contribution in [2.24, 2.45) is 10.9 Å². The zero-order valence-corrected chi connectivity index (χ0v) is 18.2. The summed E-state index contributed by atoms with van der Waals surface area (Å²) in [6, 6.07) is 7.56. The van der Waals surface area contributed by atoms with Crippen molar-refractivity contribution in [3.05, 3.63) is 35.4 Å². The summed E-state index contributed by atoms with van der Waals surface area (Å²) < 4.78 is 5.18. The summed E-state index contributed by atoms with van der Waals surface area (Å²) in [5, 5.41) is 6.33. The van der Waals surface area contributed by atoms with Crippen molar-refractivity contribution in [3.63, 3.8) is 0 Å². The Hall–Kier alpha value is -2.57. The molecule has 7 nitrogen and oxygen atoms in total. The van der Waals surface area contributed by atoms with E-state index in [9.17, 15) is 9.59 Å². The maximum absolute atomic E-state index is 12.4. The highest BCUT2D eigenvalue weighted by Crippen LogP contribution is 2.18. The average Bonchev–Trinajstić information content (AvgIpc) is 2.68. The first-order valence-corrected chi connectivity index (χ1v) is 10.3. The Morgan fingerprint density at radius 3 is 2.72 bits per heavy atom. The molecule has 1 aliphatic rings. The van der Waals surface area contributed by atoms with Crippen LogP contribution in [0.5, 0.6) is 0 Å². The fourth-order valence-electron chi connectivity index (χ4n) is 3.37. The zero-order valence-electron chi connectivity index (χ0n) is 18.2. The van der Waals surface area contributed by atoms with Crippen molar-refractivity contribution >= 4 is 17.8 Å². The summed E-state index contributed by atoms with van der Waals surface area (Å²) in [7, 11) is 1.74. The van der Waals surface area contributed by atoms with Crippen molar-refractivity contribution in [1.29, 1.82) is 0 Å². The number of aliphatic imine (C=N–C) groups is 1. The summed E-state index contributed by atoms with van der Waals surface area (Å²) in [6.45, 7) is 10.1. The van der Waals surface area contributed by atoms with Gasteiger partial charge in [0.2, 0.25) is 0 Å². The topological polar surface area (TPSA) is 83.0 Å². The van der Waals surface area contributed by atoms with E-state index in [0.29, 0.717) is 25.3 Å². The Labute approximate surface area is 173 Å². The normalized spacial score (nSPS) is 17.6. The SMILES string of the molecule is CCOC(=O)C1CCCN(C(=NC)NCc2cccc(C(=O)NC(C)(C)C)c2)C1. The minimum atomic E-state index is -0.281. The van der Waals surface area contributed by atoms with Crippen molar-refractivity contribution < 1.29 is 14.3 Å². The van der Waals surface area contributed by atoms with Gasteiger partial charge in [-0.3, -0.25) is 14.6 Å². The van der Waals surface area contributed by atoms with Gasteiger partial charge in [0.05, 0.1) is 12.5 Å². The lowest BCUT2D eigenvalue weighted by molar-refractivity contribution is -0.149. The molecule has 2 rings (SSSR count). The van der Waals surface area contributed by atoms with Gasteiger partial charge in [-0.1, -0.05) is 12.1 Å². The quantitative estimate of drug-likeness (QED) is 0.449. The van der Waals surface area contributed by atoms with Crippen LogP contribution >= 0.6 is 0 Å². The van der Waals surface area contributed by atoms with Crippen LogP contribution in [0.25, 0.3) is 0 Å². The first kappa shape index (κ1) is 22.7. The Morgan fingerprint density at radius 1 is 1.31 bits per heavy atom. The predicted octanol–water partition coefficient (Wildman–Crippen LogP) is 2.57. The fourth-order valence-corrected chi connectivity index (χ4v) is 3.37. The van der Waals surface area contributed by atoms with Crippen molar-refractivity contribution in [2.75, 3.05) is 26.7 Å². The molecule has 1 aliphatic heterocycles. The van der Waals surface area contributed by atoms with E-state index in [1.165, 1.54) is 0 Å². The Kier molecular flexibility index (Phi) is 8.05. The van der Waals surface area contributed by atoms with Gasteiger partial charge in [-0.15, -0.1) is 0 Å². The number of esters is 1. The molecule has 1 aromatic rings. The lowest BCUT2D eigenvalue weighted by Crippen LogP contribution is -2.48. The number of amides is 1. The fraction of sp³-hybridized carbons (Fsp3) is 0.591. The van der Waals surface area contributed by atoms with Gasteiger partial charge in [-0.2, -0.15) is 0 Å². The number of nitrogens with zero attached hydrogens (tertiary/aromatic N) is 2. The molecule has 0 saturated carbocycles. The van der Waals surface area contributed by atoms with Crippen LogP contribution < -0.4 is 10.6 Å². The second-order valence-electron chi connectivity index (χ2n) is 8.34. The molecule has 0 aromatic heterocycles. The molecule has 29 heavy (non-hydrogen) atoms. The first-order valence-electron chi connectivity index (χ1n) is 10.3. The number of likely N-dealkylation sites (tertiary alicyclic amines) is 1. The van der Waals surface area contributed by atoms with Crippen LogP contribution in [-0.4, -0.2) is 55.0 Å². The van der Waals surface area contributed by atoms with Gasteiger partial charge in [-0.25, -0.2) is 0 Å². The molecule has 7 heteroatoms. The van der Waals surface area contributed by atoms with Crippen LogP contribution in [0, 0.1) is 5.92 Å². The molecule has 1 heterocycles. The number of hydrogen-bond acceptors (Lipinski definition) is 4. The van der Waals surface area contributed by atoms with Gasteiger partial charge >= 0.3 is 5.97 Å². The molecule has 0 bridgehead atoms. The Balaban J connectivity index is 1.98. The van der Waals surface area contributed by atoms with Crippen LogP contribution in [0.4, 0.5) is 0 Å². The van der Waals surface area contributed by atoms with E-state index in [4.69, 9.17) is 4.74 Å². The number of benzene rings is 1. The lowest BCUT2D eigenvalue weighted by Gasteiger charge is -2.34. The van der Waals surface area contributed by atoms with E-state index in [0.717, 1.165) is 30.9 Å². The second-order valence-corrected chi connectivity index (χ2v) is 8.34. The highest BCUT2D eigenvalue weighted by molar-refractivity contribution is 5.94. The van der Waals surface area contributed by atoms with Crippen LogP contribution in [0.3, 0.4) is 0 Å². The van der Waals surface area contributed by atoms with Crippen LogP contribution in [0.1, 0.15) is 56.5 Å². The van der Waals surface area contributed by atoms with E-state index in [1.807, 2.05) is 52.0 Å². The van der Waals surface area contributed by atoms with E-state index in [2.05, 4.69) is 20.5 Å². The third kappa shape index (κ3) is 7.07. The number of ether oxygens (including phenoxy) is 1. The molecule has 1 fully saturated rings. The summed E-state index contributed by atoms with van der Waals surface area (Å²) >= 11 is 0. The van der Waals surface area contributed by atoms with Gasteiger partial charge in [0.25, 0.3) is 5.91 Å². The van der Waals surface area contributed by atoms with Crippen molar-refractivity contribution in [1.82, 2.24) is 15.5 Å². The number of piperidine rings is 1. The second kappa shape index (κ2) is 10.3. The molecule has 0 aliphatic carbocycles. The largest absolute Gasteiger partial charge is 0.466 e. The minimum Gasteiger partial charge on any atom is -0.466 e. The Morgan fingerprint density at radius 2 is 2.07 bits per heavy atom. The number of carbonyl (C=O) groups is 2. The van der Waals surface area contributed by atoms with Crippen molar-refractivity contribution in [2.45, 2.75) is 52.6 Å². The molecule has 1 atom stereocenters. The van der Waals surface area contributed by atoms with Gasteiger partial charge < -0.3 is 20.3 Å². The van der Waals surface area contributed by atoms with Gasteiger partial charge in [-0.05, 0) is 58.2 Å². The molecule has 1 aromatic carbocycles. The van der Waals surface area contributed by atoms with E-state index < -0.39 is 0 Å². The summed E-state index contributed by atoms with van der Waals surface area (Å²) in [4.78, 5) is 31.0. The number of hydrogen-bond donors (Lipinski definition) is 2. The summed E-state index contributed by atoms with van der Waals surface area (Å²) in [5.74, 6) is 0.414. The number of rotatable bonds is 5. The molecule has 1 amide bonds. The third-order valence-corrected chi connectivity index (χ3v) is 4.68. The van der Waals surface area contributed by atoms with Crippen molar-refractivity contribution in [3.8, 4) is 0 Å². The molecule has 0 spiro atoms. The van der Waals surface area contributed by atoms with Crippen LogP contribution in [0.15, 0.2) is 29.3 Å². The smallest absolute Gasteiger partial charge is 0.310 e. The molecule has 0 radical (unpaired) electrons. The minimum absolute atomic E-state index is 0.0861. The lowest BCUT2D eigenvalue weighted by atomic mass is 9.98. The highest BCUT2D eigenvalue weighted by Gasteiger charge is 2.28. The highest BCUT2D eigenvalue weighted by atomic mass is 16.5. The third-order valence-electron chi connectivity index (χ3n) is 4.68. The van der Waals surface area contributed by atoms with Gasteiger partial charge in [0.15, 0.2) is 5.96 Å². The maximum atomic E-state index is 12.4. The average molecular weight is 403 g/mol. The van der Waals surface area contributed by atoms with E-state index >= 15 is 0 Å². The van der Waals surface area contributed by atoms with Crippen LogP contribution in [0.2, 0.25) is 0 Å².